The molecule has 0 bridgehead atoms. The first-order valence-corrected chi connectivity index (χ1v) is 10.0. The van der Waals surface area contributed by atoms with Crippen LogP contribution in [0.2, 0.25) is 5.15 Å². The van der Waals surface area contributed by atoms with Crippen molar-refractivity contribution in [1.29, 1.82) is 0 Å². The number of ether oxygens (including phenoxy) is 2. The molecule has 2 N–H and O–H groups in total. The van der Waals surface area contributed by atoms with Gasteiger partial charge in [0.05, 0.1) is 18.6 Å². The monoisotopic (exact) mass is 414 g/mol. The number of H-pyrrole nitrogens is 1. The van der Waals surface area contributed by atoms with Gasteiger partial charge in [-0.1, -0.05) is 29.8 Å². The molecule has 1 aliphatic heterocycles. The first-order chi connectivity index (χ1) is 14.2. The van der Waals surface area contributed by atoms with Gasteiger partial charge in [0.15, 0.2) is 5.15 Å². The summed E-state index contributed by atoms with van der Waals surface area (Å²) in [5.41, 5.74) is 1.66. The van der Waals surface area contributed by atoms with Gasteiger partial charge >= 0.3 is 0 Å². The van der Waals surface area contributed by atoms with Crippen molar-refractivity contribution in [1.82, 2.24) is 15.1 Å². The van der Waals surface area contributed by atoms with E-state index < -0.39 is 0 Å². The molecule has 0 aliphatic carbocycles. The molecule has 0 saturated carbocycles. The number of rotatable bonds is 7. The van der Waals surface area contributed by atoms with E-state index in [-0.39, 0.29) is 10.7 Å². The van der Waals surface area contributed by atoms with Gasteiger partial charge in [0.25, 0.3) is 5.56 Å². The fourth-order valence-corrected chi connectivity index (χ4v) is 3.54. The van der Waals surface area contributed by atoms with Crippen LogP contribution in [0.4, 0.5) is 5.69 Å². The molecular formula is C21H23ClN4O3. The van der Waals surface area contributed by atoms with Gasteiger partial charge in [0.2, 0.25) is 0 Å². The number of hydrogen-bond acceptors (Lipinski definition) is 6. The Kier molecular flexibility index (Phi) is 6.29. The lowest BCUT2D eigenvalue weighted by Crippen LogP contribution is -2.38. The van der Waals surface area contributed by atoms with Crippen molar-refractivity contribution < 1.29 is 9.47 Å². The van der Waals surface area contributed by atoms with Crippen LogP contribution in [0.5, 0.6) is 5.75 Å². The molecule has 2 heterocycles. The van der Waals surface area contributed by atoms with E-state index in [1.54, 1.807) is 6.07 Å². The Hall–Kier alpha value is -2.61. The minimum atomic E-state index is -0.255. The van der Waals surface area contributed by atoms with Gasteiger partial charge in [-0.05, 0) is 24.3 Å². The van der Waals surface area contributed by atoms with E-state index in [1.165, 1.54) is 0 Å². The third kappa shape index (κ3) is 4.87. The van der Waals surface area contributed by atoms with Gasteiger partial charge in [-0.15, -0.1) is 0 Å². The molecule has 4 rings (SSSR count). The molecule has 29 heavy (non-hydrogen) atoms. The second-order valence-electron chi connectivity index (χ2n) is 6.87. The number of nitrogens with one attached hydrogen (secondary N) is 2. The van der Waals surface area contributed by atoms with E-state index in [1.807, 2.05) is 36.4 Å². The molecule has 8 heteroatoms. The Morgan fingerprint density at radius 1 is 1.17 bits per heavy atom. The molecule has 1 aliphatic rings. The Balaban J connectivity index is 1.40. The number of hydrogen-bond donors (Lipinski definition) is 2. The zero-order valence-corrected chi connectivity index (χ0v) is 16.7. The first kappa shape index (κ1) is 19.7. The van der Waals surface area contributed by atoms with Crippen LogP contribution in [-0.2, 0) is 11.3 Å². The molecule has 0 spiro atoms. The fraction of sp³-hybridized carbons (Fsp3) is 0.333. The second kappa shape index (κ2) is 9.26. The third-order valence-electron chi connectivity index (χ3n) is 4.97. The molecular weight excluding hydrogens is 392 g/mol. The summed E-state index contributed by atoms with van der Waals surface area (Å²) in [5.74, 6) is 0.866. The number of para-hydroxylation sites is 1. The van der Waals surface area contributed by atoms with E-state index >= 15 is 0 Å². The van der Waals surface area contributed by atoms with Gasteiger partial charge in [0.1, 0.15) is 12.4 Å². The summed E-state index contributed by atoms with van der Waals surface area (Å²) < 4.78 is 11.4. The van der Waals surface area contributed by atoms with Crippen molar-refractivity contribution in [3.63, 3.8) is 0 Å². The van der Waals surface area contributed by atoms with Gasteiger partial charge < -0.3 is 14.8 Å². The second-order valence-corrected chi connectivity index (χ2v) is 7.23. The average molecular weight is 415 g/mol. The van der Waals surface area contributed by atoms with Crippen molar-refractivity contribution >= 4 is 28.1 Å². The molecule has 3 aromatic rings. The lowest BCUT2D eigenvalue weighted by Gasteiger charge is -2.26. The summed E-state index contributed by atoms with van der Waals surface area (Å²) in [5, 5.41) is 11.0. The molecule has 0 radical (unpaired) electrons. The van der Waals surface area contributed by atoms with E-state index in [4.69, 9.17) is 21.1 Å². The maximum absolute atomic E-state index is 11.9. The number of benzene rings is 2. The Labute approximate surface area is 173 Å². The molecule has 0 unspecified atom stereocenters. The van der Waals surface area contributed by atoms with Gasteiger partial charge in [0, 0.05) is 42.8 Å². The molecule has 1 fully saturated rings. The highest BCUT2D eigenvalue weighted by molar-refractivity contribution is 6.34. The molecule has 152 valence electrons. The average Bonchev–Trinajstić information content (AvgIpc) is 2.76. The van der Waals surface area contributed by atoms with Crippen molar-refractivity contribution in [2.45, 2.75) is 6.54 Å². The molecule has 7 nitrogen and oxygen atoms in total. The van der Waals surface area contributed by atoms with Gasteiger partial charge in [-0.25, -0.2) is 5.10 Å². The predicted molar refractivity (Wildman–Crippen MR) is 114 cm³/mol. The largest absolute Gasteiger partial charge is 0.492 e. The van der Waals surface area contributed by atoms with Crippen LogP contribution in [0.15, 0.2) is 47.3 Å². The van der Waals surface area contributed by atoms with E-state index in [0.29, 0.717) is 23.9 Å². The van der Waals surface area contributed by atoms with Crippen molar-refractivity contribution in [2.24, 2.45) is 0 Å². The summed E-state index contributed by atoms with van der Waals surface area (Å²) in [4.78, 5) is 14.2. The number of fused-ring (bicyclic) bond motifs is 1. The topological polar surface area (TPSA) is 79.5 Å². The van der Waals surface area contributed by atoms with Crippen molar-refractivity contribution in [3.8, 4) is 5.75 Å². The fourth-order valence-electron chi connectivity index (χ4n) is 3.34. The summed E-state index contributed by atoms with van der Waals surface area (Å²) >= 11 is 6.12. The zero-order valence-electron chi connectivity index (χ0n) is 16.0. The number of morpholine rings is 1. The number of anilines is 1. The van der Waals surface area contributed by atoms with Crippen molar-refractivity contribution in [3.05, 3.63) is 63.5 Å². The predicted octanol–water partition coefficient (Wildman–Crippen LogP) is 2.90. The summed E-state index contributed by atoms with van der Waals surface area (Å²) in [6.45, 7) is 5.60. The van der Waals surface area contributed by atoms with E-state index in [2.05, 4.69) is 20.4 Å². The van der Waals surface area contributed by atoms with Gasteiger partial charge in [-0.3, -0.25) is 9.69 Å². The summed E-state index contributed by atoms with van der Waals surface area (Å²) in [6, 6.07) is 13.4. The number of aromatic nitrogens is 2. The quantitative estimate of drug-likeness (QED) is 0.619. The van der Waals surface area contributed by atoms with Crippen LogP contribution < -0.4 is 15.6 Å². The Bertz CT molecular complexity index is 1030. The van der Waals surface area contributed by atoms with E-state index in [0.717, 1.165) is 49.8 Å². The maximum Gasteiger partial charge on any atom is 0.272 e. The smallest absolute Gasteiger partial charge is 0.272 e. The SMILES string of the molecule is O=c1[nH]nc(Cl)c2cc(NCc3ccccc3OCCN3CCOCC3)ccc12. The molecule has 2 aromatic carbocycles. The molecule has 0 atom stereocenters. The Morgan fingerprint density at radius 2 is 2.00 bits per heavy atom. The highest BCUT2D eigenvalue weighted by Gasteiger charge is 2.11. The van der Waals surface area contributed by atoms with E-state index in [9.17, 15) is 4.79 Å². The minimum absolute atomic E-state index is 0.255. The molecule has 1 saturated heterocycles. The standard InChI is InChI=1S/C21H23ClN4O3/c22-20-18-13-16(5-6-17(18)21(27)25-24-20)23-14-15-3-1-2-4-19(15)29-12-9-26-7-10-28-11-8-26/h1-6,13,23H,7-12,14H2,(H,25,27). The third-order valence-corrected chi connectivity index (χ3v) is 5.25. The van der Waals surface area contributed by atoms with Gasteiger partial charge in [-0.2, -0.15) is 5.10 Å². The first-order valence-electron chi connectivity index (χ1n) is 9.63. The summed E-state index contributed by atoms with van der Waals surface area (Å²) in [7, 11) is 0. The lowest BCUT2D eigenvalue weighted by atomic mass is 10.1. The minimum Gasteiger partial charge on any atom is -0.492 e. The maximum atomic E-state index is 11.9. The Morgan fingerprint density at radius 3 is 2.86 bits per heavy atom. The van der Waals surface area contributed by atoms with Crippen LogP contribution in [-0.4, -0.2) is 54.6 Å². The van der Waals surface area contributed by atoms with Crippen LogP contribution in [0.3, 0.4) is 0 Å². The highest BCUT2D eigenvalue weighted by Crippen LogP contribution is 2.24. The normalized spacial score (nSPS) is 14.8. The zero-order chi connectivity index (χ0) is 20.1. The lowest BCUT2D eigenvalue weighted by molar-refractivity contribution is 0.0322. The summed E-state index contributed by atoms with van der Waals surface area (Å²) in [6.07, 6.45) is 0. The molecule has 1 aromatic heterocycles. The number of aromatic amines is 1. The van der Waals surface area contributed by atoms with Crippen molar-refractivity contribution in [2.75, 3.05) is 44.8 Å². The number of nitrogens with zero attached hydrogens (tertiary/aromatic N) is 2. The van der Waals surface area contributed by atoms with Crippen LogP contribution in [0.1, 0.15) is 5.56 Å². The number of halogens is 1. The van der Waals surface area contributed by atoms with Crippen LogP contribution in [0.25, 0.3) is 10.8 Å². The molecule has 0 amide bonds. The van der Waals surface area contributed by atoms with Crippen LogP contribution >= 0.6 is 11.6 Å². The highest BCUT2D eigenvalue weighted by atomic mass is 35.5. The van der Waals surface area contributed by atoms with Crippen LogP contribution in [0, 0.1) is 0 Å².